The van der Waals surface area contributed by atoms with Crippen molar-refractivity contribution in [2.75, 3.05) is 12.0 Å². The Kier molecular flexibility index (Phi) is 7.17. The van der Waals surface area contributed by atoms with E-state index in [1.165, 1.54) is 12.7 Å². The van der Waals surface area contributed by atoms with E-state index >= 15 is 0 Å². The Morgan fingerprint density at radius 2 is 1.58 bits per heavy atom. The molecule has 0 fully saturated rings. The van der Waals surface area contributed by atoms with Crippen LogP contribution in [-0.2, 0) is 14.3 Å². The first-order valence-electron chi connectivity index (χ1n) is 11.6. The summed E-state index contributed by atoms with van der Waals surface area (Å²) in [7, 11) is 1.32. The number of hydrogen-bond acceptors (Lipinski definition) is 3. The van der Waals surface area contributed by atoms with Crippen molar-refractivity contribution in [1.29, 1.82) is 0 Å². The molecule has 0 N–H and O–H groups in total. The molecule has 0 atom stereocenters. The Balaban J connectivity index is 1.82. The molecule has 1 aliphatic rings. The van der Waals surface area contributed by atoms with Crippen LogP contribution in [-0.4, -0.2) is 23.6 Å². The number of esters is 1. The molecule has 0 aliphatic carbocycles. The number of aryl methyl sites for hydroxylation is 1. The molecule has 1 aromatic heterocycles. The van der Waals surface area contributed by atoms with Gasteiger partial charge in [0.05, 0.1) is 28.3 Å². The van der Waals surface area contributed by atoms with Gasteiger partial charge in [-0.15, -0.1) is 0 Å². The van der Waals surface area contributed by atoms with Crippen molar-refractivity contribution >= 4 is 46.8 Å². The minimum Gasteiger partial charge on any atom is -0.465 e. The fraction of sp³-hybridized carbons (Fsp3) is 0.241. The summed E-state index contributed by atoms with van der Waals surface area (Å²) in [6, 6.07) is 15.2. The summed E-state index contributed by atoms with van der Waals surface area (Å²) in [6.45, 7) is 9.93. The number of carbonyl (C=O) groups is 2. The number of anilines is 1. The lowest BCUT2D eigenvalue weighted by Gasteiger charge is -2.19. The Bertz CT molecular complexity index is 1430. The number of benzene rings is 2. The summed E-state index contributed by atoms with van der Waals surface area (Å²) in [5.41, 5.74) is 6.47. The highest BCUT2D eigenvalue weighted by atomic mass is 35.5. The number of amides is 1. The van der Waals surface area contributed by atoms with Crippen molar-refractivity contribution in [2.24, 2.45) is 0 Å². The topological polar surface area (TPSA) is 51.5 Å². The second-order valence-electron chi connectivity index (χ2n) is 9.16. The summed E-state index contributed by atoms with van der Waals surface area (Å²) in [5, 5.41) is 0.935. The zero-order chi connectivity index (χ0) is 26.3. The number of halogens is 2. The van der Waals surface area contributed by atoms with Gasteiger partial charge < -0.3 is 9.30 Å². The minimum atomic E-state index is -0.549. The van der Waals surface area contributed by atoms with E-state index in [9.17, 15) is 9.59 Å². The number of aromatic nitrogens is 1. The lowest BCUT2D eigenvalue weighted by molar-refractivity contribution is -0.136. The molecule has 4 rings (SSSR count). The highest BCUT2D eigenvalue weighted by Crippen LogP contribution is 2.37. The summed E-state index contributed by atoms with van der Waals surface area (Å²) < 4.78 is 7.09. The van der Waals surface area contributed by atoms with E-state index in [1.807, 2.05) is 54.8 Å². The maximum absolute atomic E-state index is 13.7. The summed E-state index contributed by atoms with van der Waals surface area (Å²) in [4.78, 5) is 28.1. The first-order valence-corrected chi connectivity index (χ1v) is 12.4. The Morgan fingerprint density at radius 3 is 2.17 bits per heavy atom. The third-order valence-electron chi connectivity index (χ3n) is 6.54. The molecule has 1 aliphatic heterocycles. The standard InChI is InChI=1S/C29H28Cl2N2O3/c1-16(2)20-7-9-22(10-8-20)33-19(5)27(29(35)36-6)24(28(33)34)14-21-13-17(3)32(18(21)4)23-11-12-25(30)26(31)15-23/h7-16H,1-6H3/b24-14-. The average molecular weight is 523 g/mol. The molecule has 0 radical (unpaired) electrons. The first-order chi connectivity index (χ1) is 17.0. The number of methoxy groups -OCH3 is 1. The molecule has 0 saturated heterocycles. The molecule has 7 heteroatoms. The minimum absolute atomic E-state index is 0.259. The molecule has 186 valence electrons. The fourth-order valence-corrected chi connectivity index (χ4v) is 4.90. The van der Waals surface area contributed by atoms with Crippen molar-refractivity contribution in [1.82, 2.24) is 4.57 Å². The van der Waals surface area contributed by atoms with E-state index in [0.717, 1.165) is 22.6 Å². The zero-order valence-corrected chi connectivity index (χ0v) is 22.7. The molecular weight excluding hydrogens is 495 g/mol. The van der Waals surface area contributed by atoms with Crippen LogP contribution in [0.3, 0.4) is 0 Å². The first kappa shape index (κ1) is 25.8. The van der Waals surface area contributed by atoms with Crippen LogP contribution in [0.5, 0.6) is 0 Å². The Morgan fingerprint density at radius 1 is 0.944 bits per heavy atom. The van der Waals surface area contributed by atoms with E-state index < -0.39 is 5.97 Å². The van der Waals surface area contributed by atoms with Gasteiger partial charge in [0.15, 0.2) is 0 Å². The summed E-state index contributed by atoms with van der Waals surface area (Å²) >= 11 is 12.4. The largest absolute Gasteiger partial charge is 0.465 e. The maximum atomic E-state index is 13.7. The van der Waals surface area contributed by atoms with Gasteiger partial charge in [0.1, 0.15) is 0 Å². The van der Waals surface area contributed by atoms with Crippen LogP contribution < -0.4 is 4.90 Å². The molecule has 5 nitrogen and oxygen atoms in total. The predicted octanol–water partition coefficient (Wildman–Crippen LogP) is 7.40. The van der Waals surface area contributed by atoms with E-state index in [0.29, 0.717) is 32.9 Å². The number of carbonyl (C=O) groups excluding carboxylic acids is 2. The second-order valence-corrected chi connectivity index (χ2v) is 9.97. The Hall–Kier alpha value is -3.28. The van der Waals surface area contributed by atoms with Crippen LogP contribution in [0.2, 0.25) is 10.0 Å². The van der Waals surface area contributed by atoms with Gasteiger partial charge in [-0.05, 0) is 80.3 Å². The SMILES string of the molecule is COC(=O)C1=C(C)N(c2ccc(C(C)C)cc2)C(=O)/C1=C\c1cc(C)n(-c2ccc(Cl)c(Cl)c2)c1C. The van der Waals surface area contributed by atoms with Gasteiger partial charge in [0.2, 0.25) is 0 Å². The van der Waals surface area contributed by atoms with Gasteiger partial charge >= 0.3 is 5.97 Å². The van der Waals surface area contributed by atoms with Gasteiger partial charge in [-0.2, -0.15) is 0 Å². The second kappa shape index (κ2) is 10.00. The molecule has 0 bridgehead atoms. The van der Waals surface area contributed by atoms with Gasteiger partial charge in [0, 0.05) is 28.5 Å². The molecule has 0 spiro atoms. The molecular formula is C29H28Cl2N2O3. The number of nitrogens with zero attached hydrogens (tertiary/aromatic N) is 2. The zero-order valence-electron chi connectivity index (χ0n) is 21.1. The number of rotatable bonds is 5. The van der Waals surface area contributed by atoms with Crippen molar-refractivity contribution in [2.45, 2.75) is 40.5 Å². The van der Waals surface area contributed by atoms with Crippen molar-refractivity contribution in [3.8, 4) is 5.69 Å². The third kappa shape index (κ3) is 4.49. The molecule has 1 amide bonds. The van der Waals surface area contributed by atoms with E-state index in [2.05, 4.69) is 13.8 Å². The Labute approximate surface area is 221 Å². The normalized spacial score (nSPS) is 15.0. The monoisotopic (exact) mass is 522 g/mol. The van der Waals surface area contributed by atoms with Crippen LogP contribution in [0.4, 0.5) is 5.69 Å². The molecule has 0 saturated carbocycles. The van der Waals surface area contributed by atoms with Crippen LogP contribution in [0, 0.1) is 13.8 Å². The van der Waals surface area contributed by atoms with Crippen molar-refractivity contribution in [3.05, 3.63) is 97.9 Å². The van der Waals surface area contributed by atoms with Gasteiger partial charge in [-0.3, -0.25) is 9.69 Å². The highest BCUT2D eigenvalue weighted by Gasteiger charge is 2.38. The molecule has 2 heterocycles. The van der Waals surface area contributed by atoms with E-state index in [-0.39, 0.29) is 11.5 Å². The average Bonchev–Trinajstić information content (AvgIpc) is 3.26. The van der Waals surface area contributed by atoms with Crippen molar-refractivity contribution < 1.29 is 14.3 Å². The number of ether oxygens (including phenoxy) is 1. The van der Waals surface area contributed by atoms with Crippen LogP contribution >= 0.6 is 23.2 Å². The summed E-state index contributed by atoms with van der Waals surface area (Å²) in [6.07, 6.45) is 1.76. The fourth-order valence-electron chi connectivity index (χ4n) is 4.61. The number of allylic oxidation sites excluding steroid dienone is 1. The van der Waals surface area contributed by atoms with E-state index in [1.54, 1.807) is 30.0 Å². The lowest BCUT2D eigenvalue weighted by Crippen LogP contribution is -2.24. The molecule has 2 aromatic carbocycles. The molecule has 3 aromatic rings. The number of hydrogen-bond donors (Lipinski definition) is 0. The quantitative estimate of drug-likeness (QED) is 0.259. The van der Waals surface area contributed by atoms with Crippen molar-refractivity contribution in [3.63, 3.8) is 0 Å². The smallest absolute Gasteiger partial charge is 0.340 e. The third-order valence-corrected chi connectivity index (χ3v) is 7.28. The van der Waals surface area contributed by atoms with Crippen LogP contribution in [0.15, 0.2) is 65.4 Å². The molecule has 36 heavy (non-hydrogen) atoms. The van der Waals surface area contributed by atoms with E-state index in [4.69, 9.17) is 27.9 Å². The summed E-state index contributed by atoms with van der Waals surface area (Å²) in [5.74, 6) is -0.451. The predicted molar refractivity (Wildman–Crippen MR) is 146 cm³/mol. The van der Waals surface area contributed by atoms with Gasteiger partial charge in [-0.25, -0.2) is 4.79 Å². The molecule has 0 unspecified atom stereocenters. The van der Waals surface area contributed by atoms with Crippen LogP contribution in [0.1, 0.15) is 49.2 Å². The van der Waals surface area contributed by atoms with Gasteiger partial charge in [-0.1, -0.05) is 49.2 Å². The highest BCUT2D eigenvalue weighted by molar-refractivity contribution is 6.42. The lowest BCUT2D eigenvalue weighted by atomic mass is 10.0. The van der Waals surface area contributed by atoms with Crippen LogP contribution in [0.25, 0.3) is 11.8 Å². The maximum Gasteiger partial charge on any atom is 0.340 e. The van der Waals surface area contributed by atoms with Gasteiger partial charge in [0.25, 0.3) is 5.91 Å².